The summed E-state index contributed by atoms with van der Waals surface area (Å²) in [5.41, 5.74) is 0. The molecule has 0 spiro atoms. The lowest BCUT2D eigenvalue weighted by atomic mass is 10.0. The van der Waals surface area contributed by atoms with E-state index in [1.807, 2.05) is 6.08 Å². The minimum Gasteiger partial charge on any atom is -0.466 e. The first-order valence-electron chi connectivity index (χ1n) is 35.8. The smallest absolute Gasteiger partial charge is 0.305 e. The largest absolute Gasteiger partial charge is 0.466 e. The number of rotatable bonds is 67. The fourth-order valence-corrected chi connectivity index (χ4v) is 11.2. The summed E-state index contributed by atoms with van der Waals surface area (Å²) in [6.07, 6.45) is 88.0. The second kappa shape index (κ2) is 68.6. The summed E-state index contributed by atoms with van der Waals surface area (Å²) in [5.74, 6) is -0.0546. The van der Waals surface area contributed by atoms with Crippen molar-refractivity contribution in [2.24, 2.45) is 0 Å². The van der Waals surface area contributed by atoms with E-state index in [0.717, 1.165) is 51.4 Å². The summed E-state index contributed by atoms with van der Waals surface area (Å²) >= 11 is 0. The molecule has 2 unspecified atom stereocenters. The van der Waals surface area contributed by atoms with Crippen LogP contribution < -0.4 is 5.32 Å². The van der Waals surface area contributed by atoms with Crippen molar-refractivity contribution in [2.75, 3.05) is 13.2 Å². The molecule has 0 aromatic heterocycles. The average Bonchev–Trinajstić information content (AvgIpc) is 3.45. The summed E-state index contributed by atoms with van der Waals surface area (Å²) in [5, 5.41) is 23.2. The molecule has 0 aliphatic heterocycles. The van der Waals surface area contributed by atoms with Crippen LogP contribution in [0.3, 0.4) is 0 Å². The SMILES string of the molecule is CCCCC/C=C\C/C=C\CCCCCCCC(=O)OCCCCCCCCCCCCCCCCCCCCCCCCCCCCCCCCCC(=O)NC(CO)C(O)/C=C/CCCCCCCCCCCCCCCC. The molecule has 3 N–H and O–H groups in total. The quantitative estimate of drug-likeness (QED) is 0.0320. The van der Waals surface area contributed by atoms with Gasteiger partial charge in [0.05, 0.1) is 25.4 Å². The average molecular weight is 1110 g/mol. The van der Waals surface area contributed by atoms with E-state index >= 15 is 0 Å². The molecule has 0 aromatic carbocycles. The van der Waals surface area contributed by atoms with Gasteiger partial charge in [0.15, 0.2) is 0 Å². The highest BCUT2D eigenvalue weighted by Crippen LogP contribution is 2.19. The van der Waals surface area contributed by atoms with Gasteiger partial charge in [0, 0.05) is 12.8 Å². The van der Waals surface area contributed by atoms with Crippen molar-refractivity contribution >= 4 is 11.9 Å². The number of esters is 1. The first kappa shape index (κ1) is 77.1. The van der Waals surface area contributed by atoms with Gasteiger partial charge in [-0.15, -0.1) is 0 Å². The number of ether oxygens (including phenoxy) is 1. The van der Waals surface area contributed by atoms with Crippen molar-refractivity contribution in [2.45, 2.75) is 405 Å². The lowest BCUT2D eigenvalue weighted by molar-refractivity contribution is -0.143. The zero-order chi connectivity index (χ0) is 57.1. The maximum Gasteiger partial charge on any atom is 0.305 e. The van der Waals surface area contributed by atoms with Crippen LogP contribution in [-0.2, 0) is 14.3 Å². The Balaban J connectivity index is 3.34. The molecule has 6 nitrogen and oxygen atoms in total. The first-order chi connectivity index (χ1) is 39.0. The lowest BCUT2D eigenvalue weighted by Crippen LogP contribution is -2.45. The van der Waals surface area contributed by atoms with E-state index < -0.39 is 12.1 Å². The summed E-state index contributed by atoms with van der Waals surface area (Å²) in [4.78, 5) is 24.6. The maximum atomic E-state index is 12.5. The van der Waals surface area contributed by atoms with Gasteiger partial charge in [-0.25, -0.2) is 0 Å². The number of unbranched alkanes of at least 4 members (excludes halogenated alkanes) is 52. The van der Waals surface area contributed by atoms with E-state index in [2.05, 4.69) is 43.5 Å². The number of allylic oxidation sites excluding steroid dienone is 5. The third-order valence-corrected chi connectivity index (χ3v) is 16.7. The maximum absolute atomic E-state index is 12.5. The summed E-state index contributed by atoms with van der Waals surface area (Å²) in [7, 11) is 0. The normalized spacial score (nSPS) is 12.7. The molecule has 0 aliphatic carbocycles. The molecule has 0 aromatic rings. The summed E-state index contributed by atoms with van der Waals surface area (Å²) in [6, 6.07) is -0.625. The van der Waals surface area contributed by atoms with Crippen LogP contribution in [0.5, 0.6) is 0 Å². The van der Waals surface area contributed by atoms with Gasteiger partial charge in [0.25, 0.3) is 0 Å². The fraction of sp³-hybridized carbons (Fsp3) is 0.890. The molecule has 0 radical (unpaired) electrons. The monoisotopic (exact) mass is 1110 g/mol. The van der Waals surface area contributed by atoms with E-state index in [-0.39, 0.29) is 18.5 Å². The standard InChI is InChI=1S/C73H139NO5/c1-3-5-7-9-11-13-15-17-19-38-41-45-49-53-57-61-65-71(76)70(69-75)74-72(77)66-62-58-54-50-46-42-39-35-33-31-29-27-25-23-21-20-22-24-26-28-30-32-34-36-40-44-48-52-56-60-64-68-79-73(78)67-63-59-55-51-47-43-37-18-16-14-12-10-8-6-4-2/h12,14,18,37,61,65,70-71,75-76H,3-11,13,15-17,19-36,38-60,62-64,66-69H2,1-2H3,(H,74,77)/b14-12-,37-18-,65-61+. The Morgan fingerprint density at radius 1 is 0.354 bits per heavy atom. The summed E-state index contributed by atoms with van der Waals surface area (Å²) in [6.45, 7) is 4.90. The third-order valence-electron chi connectivity index (χ3n) is 16.7. The Morgan fingerprint density at radius 3 is 0.987 bits per heavy atom. The Labute approximate surface area is 494 Å². The Kier molecular flexibility index (Phi) is 66.9. The van der Waals surface area contributed by atoms with E-state index in [0.29, 0.717) is 19.4 Å². The molecule has 0 saturated heterocycles. The molecule has 0 heterocycles. The van der Waals surface area contributed by atoms with Crippen LogP contribution in [0.25, 0.3) is 0 Å². The number of hydrogen-bond acceptors (Lipinski definition) is 5. The Morgan fingerprint density at radius 2 is 0.633 bits per heavy atom. The van der Waals surface area contributed by atoms with Crippen LogP contribution in [0.2, 0.25) is 0 Å². The Hall–Kier alpha value is -1.92. The molecule has 466 valence electrons. The van der Waals surface area contributed by atoms with Gasteiger partial charge in [-0.2, -0.15) is 0 Å². The zero-order valence-corrected chi connectivity index (χ0v) is 53.4. The minimum atomic E-state index is -0.842. The van der Waals surface area contributed by atoms with Crippen molar-refractivity contribution in [3.05, 3.63) is 36.5 Å². The number of hydrogen-bond donors (Lipinski definition) is 3. The van der Waals surface area contributed by atoms with Crippen molar-refractivity contribution in [3.8, 4) is 0 Å². The van der Waals surface area contributed by atoms with Crippen LogP contribution in [0.15, 0.2) is 36.5 Å². The number of nitrogens with one attached hydrogen (secondary N) is 1. The molecule has 0 saturated carbocycles. The molecule has 1 amide bonds. The van der Waals surface area contributed by atoms with Crippen LogP contribution in [0, 0.1) is 0 Å². The Bertz CT molecular complexity index is 1280. The van der Waals surface area contributed by atoms with Crippen molar-refractivity contribution in [3.63, 3.8) is 0 Å². The van der Waals surface area contributed by atoms with Crippen LogP contribution in [0.1, 0.15) is 393 Å². The van der Waals surface area contributed by atoms with Crippen LogP contribution in [-0.4, -0.2) is 47.4 Å². The summed E-state index contributed by atoms with van der Waals surface area (Å²) < 4.78 is 5.49. The van der Waals surface area contributed by atoms with Crippen molar-refractivity contribution < 1.29 is 24.5 Å². The number of carbonyl (C=O) groups excluding carboxylic acids is 2. The topological polar surface area (TPSA) is 95.9 Å². The van der Waals surface area contributed by atoms with Gasteiger partial charge < -0.3 is 20.3 Å². The van der Waals surface area contributed by atoms with Gasteiger partial charge in [0.2, 0.25) is 5.91 Å². The highest BCUT2D eigenvalue weighted by atomic mass is 16.5. The van der Waals surface area contributed by atoms with Crippen LogP contribution >= 0.6 is 0 Å². The van der Waals surface area contributed by atoms with Crippen LogP contribution in [0.4, 0.5) is 0 Å². The molecule has 2 atom stereocenters. The van der Waals surface area contributed by atoms with Gasteiger partial charge in [-0.05, 0) is 64.2 Å². The fourth-order valence-electron chi connectivity index (χ4n) is 11.2. The number of amides is 1. The predicted molar refractivity (Wildman–Crippen MR) is 347 cm³/mol. The predicted octanol–water partition coefficient (Wildman–Crippen LogP) is 23.1. The molecular formula is C73H139NO5. The highest BCUT2D eigenvalue weighted by molar-refractivity contribution is 5.76. The number of aliphatic hydroxyl groups is 2. The number of carbonyl (C=O) groups is 2. The van der Waals surface area contributed by atoms with Gasteiger partial charge in [-0.3, -0.25) is 9.59 Å². The van der Waals surface area contributed by atoms with E-state index in [9.17, 15) is 19.8 Å². The molecule has 0 rings (SSSR count). The molecule has 79 heavy (non-hydrogen) atoms. The molecule has 6 heteroatoms. The van der Waals surface area contributed by atoms with E-state index in [4.69, 9.17) is 4.74 Å². The highest BCUT2D eigenvalue weighted by Gasteiger charge is 2.18. The zero-order valence-electron chi connectivity index (χ0n) is 53.4. The van der Waals surface area contributed by atoms with Gasteiger partial charge in [-0.1, -0.05) is 352 Å². The second-order valence-corrected chi connectivity index (χ2v) is 24.6. The lowest BCUT2D eigenvalue weighted by Gasteiger charge is -2.20. The molecule has 0 bridgehead atoms. The molecular weight excluding hydrogens is 971 g/mol. The van der Waals surface area contributed by atoms with Crippen molar-refractivity contribution in [1.82, 2.24) is 5.32 Å². The minimum absolute atomic E-state index is 0.00666. The van der Waals surface area contributed by atoms with Gasteiger partial charge >= 0.3 is 5.97 Å². The van der Waals surface area contributed by atoms with Crippen molar-refractivity contribution in [1.29, 1.82) is 0 Å². The van der Waals surface area contributed by atoms with Gasteiger partial charge in [0.1, 0.15) is 0 Å². The van der Waals surface area contributed by atoms with E-state index in [1.54, 1.807) is 6.08 Å². The second-order valence-electron chi connectivity index (χ2n) is 24.6. The number of aliphatic hydroxyl groups excluding tert-OH is 2. The molecule has 0 fully saturated rings. The third kappa shape index (κ3) is 65.1. The molecule has 0 aliphatic rings. The van der Waals surface area contributed by atoms with E-state index in [1.165, 1.54) is 315 Å². The first-order valence-corrected chi connectivity index (χ1v) is 35.8.